The smallest absolute Gasteiger partial charge is 0.194 e. The van der Waals surface area contributed by atoms with Gasteiger partial charge in [0.1, 0.15) is 5.75 Å². The first-order chi connectivity index (χ1) is 14.7. The highest BCUT2D eigenvalue weighted by Crippen LogP contribution is 2.20. The van der Waals surface area contributed by atoms with Crippen LogP contribution in [-0.4, -0.2) is 74.7 Å². The molecule has 0 spiro atoms. The van der Waals surface area contributed by atoms with E-state index in [-0.39, 0.29) is 30.1 Å². The number of aliphatic hydroxyl groups is 1. The topological polar surface area (TPSA) is 75.6 Å². The predicted molar refractivity (Wildman–Crippen MR) is 133 cm³/mol. The fourth-order valence-corrected chi connectivity index (χ4v) is 3.95. The molecule has 2 heterocycles. The van der Waals surface area contributed by atoms with Crippen molar-refractivity contribution in [2.45, 2.75) is 57.3 Å². The van der Waals surface area contributed by atoms with Crippen molar-refractivity contribution >= 4 is 29.9 Å². The van der Waals surface area contributed by atoms with Crippen LogP contribution in [0.4, 0.5) is 0 Å². The molecule has 2 saturated heterocycles. The van der Waals surface area contributed by atoms with Crippen molar-refractivity contribution in [3.63, 3.8) is 0 Å². The summed E-state index contributed by atoms with van der Waals surface area (Å²) in [6, 6.07) is 7.48. The van der Waals surface area contributed by atoms with Gasteiger partial charge in [-0.1, -0.05) is 12.1 Å². The van der Waals surface area contributed by atoms with E-state index in [1.165, 1.54) is 12.8 Å². The lowest BCUT2D eigenvalue weighted by Crippen LogP contribution is -2.47. The standard InChI is InChI=1S/C23H37N3O4.HI/c1-3-24-23(25-16-22(27)18-7-9-19(28-2)10-8-18)26-13-11-20(12-14-26)30-17-21-6-4-5-15-29-21;/h7-10,20-22,27H,3-6,11-17H2,1-2H3,(H,24,25);1H. The Bertz CT molecular complexity index is 645. The number of aliphatic imine (C=N–C) groups is 1. The highest BCUT2D eigenvalue weighted by Gasteiger charge is 2.24. The zero-order valence-electron chi connectivity index (χ0n) is 18.8. The number of piperidine rings is 1. The van der Waals surface area contributed by atoms with Gasteiger partial charge >= 0.3 is 0 Å². The number of likely N-dealkylation sites (tertiary alicyclic amines) is 1. The number of hydrogen-bond donors (Lipinski definition) is 2. The van der Waals surface area contributed by atoms with Gasteiger partial charge < -0.3 is 29.5 Å². The second kappa shape index (κ2) is 14.1. The molecule has 7 nitrogen and oxygen atoms in total. The molecule has 176 valence electrons. The molecule has 2 fully saturated rings. The Balaban J connectivity index is 0.00000341. The average Bonchev–Trinajstić information content (AvgIpc) is 2.81. The fraction of sp³-hybridized carbons (Fsp3) is 0.696. The van der Waals surface area contributed by atoms with Gasteiger partial charge in [-0.05, 0) is 56.7 Å². The molecular weight excluding hydrogens is 509 g/mol. The molecular formula is C23H38IN3O4. The third-order valence-corrected chi connectivity index (χ3v) is 5.78. The lowest BCUT2D eigenvalue weighted by atomic mass is 10.1. The molecule has 0 amide bonds. The predicted octanol–water partition coefficient (Wildman–Crippen LogP) is 3.36. The molecule has 2 unspecified atom stereocenters. The Morgan fingerprint density at radius 2 is 1.97 bits per heavy atom. The highest BCUT2D eigenvalue weighted by molar-refractivity contribution is 14.0. The Morgan fingerprint density at radius 1 is 1.23 bits per heavy atom. The summed E-state index contributed by atoms with van der Waals surface area (Å²) in [6.07, 6.45) is 5.44. The van der Waals surface area contributed by atoms with Crippen molar-refractivity contribution in [2.75, 3.05) is 46.5 Å². The molecule has 8 heteroatoms. The van der Waals surface area contributed by atoms with Crippen molar-refractivity contribution in [1.82, 2.24) is 10.2 Å². The first-order valence-corrected chi connectivity index (χ1v) is 11.3. The van der Waals surface area contributed by atoms with Gasteiger partial charge in [0.05, 0.1) is 38.6 Å². The summed E-state index contributed by atoms with van der Waals surface area (Å²) < 4.78 is 17.1. The van der Waals surface area contributed by atoms with E-state index in [0.29, 0.717) is 19.3 Å². The maximum atomic E-state index is 10.5. The molecule has 0 bridgehead atoms. The number of guanidine groups is 1. The number of aliphatic hydroxyl groups excluding tert-OH is 1. The number of halogens is 1. The van der Waals surface area contributed by atoms with E-state index < -0.39 is 6.10 Å². The third kappa shape index (κ3) is 8.40. The van der Waals surface area contributed by atoms with Crippen molar-refractivity contribution in [2.24, 2.45) is 4.99 Å². The minimum atomic E-state index is -0.638. The van der Waals surface area contributed by atoms with Gasteiger partial charge in [0.15, 0.2) is 5.96 Å². The normalized spacial score (nSPS) is 21.3. The molecule has 0 radical (unpaired) electrons. The van der Waals surface area contributed by atoms with Crippen LogP contribution in [0.1, 0.15) is 50.7 Å². The summed E-state index contributed by atoms with van der Waals surface area (Å²) in [5, 5.41) is 13.9. The molecule has 2 atom stereocenters. The summed E-state index contributed by atoms with van der Waals surface area (Å²) in [5.41, 5.74) is 0.840. The van der Waals surface area contributed by atoms with Gasteiger partial charge in [-0.25, -0.2) is 0 Å². The number of ether oxygens (including phenoxy) is 3. The molecule has 1 aromatic carbocycles. The minimum absolute atomic E-state index is 0. The largest absolute Gasteiger partial charge is 0.497 e. The molecule has 1 aromatic rings. The quantitative estimate of drug-likeness (QED) is 0.296. The van der Waals surface area contributed by atoms with Crippen molar-refractivity contribution < 1.29 is 19.3 Å². The van der Waals surface area contributed by atoms with E-state index >= 15 is 0 Å². The monoisotopic (exact) mass is 547 g/mol. The van der Waals surface area contributed by atoms with Gasteiger partial charge in [-0.15, -0.1) is 24.0 Å². The number of methoxy groups -OCH3 is 1. The number of benzene rings is 1. The molecule has 3 rings (SSSR count). The van der Waals surface area contributed by atoms with E-state index in [4.69, 9.17) is 14.2 Å². The fourth-order valence-electron chi connectivity index (χ4n) is 3.95. The molecule has 0 aromatic heterocycles. The second-order valence-corrected chi connectivity index (χ2v) is 7.99. The first-order valence-electron chi connectivity index (χ1n) is 11.3. The molecule has 31 heavy (non-hydrogen) atoms. The van der Waals surface area contributed by atoms with Crippen molar-refractivity contribution in [1.29, 1.82) is 0 Å². The highest BCUT2D eigenvalue weighted by atomic mass is 127. The maximum absolute atomic E-state index is 10.5. The van der Waals surface area contributed by atoms with Gasteiger partial charge in [-0.3, -0.25) is 4.99 Å². The molecule has 0 saturated carbocycles. The van der Waals surface area contributed by atoms with Crippen LogP contribution in [0, 0.1) is 0 Å². The van der Waals surface area contributed by atoms with Crippen molar-refractivity contribution in [3.05, 3.63) is 29.8 Å². The van der Waals surface area contributed by atoms with Crippen LogP contribution in [0.25, 0.3) is 0 Å². The number of nitrogens with zero attached hydrogens (tertiary/aromatic N) is 2. The minimum Gasteiger partial charge on any atom is -0.497 e. The van der Waals surface area contributed by atoms with Crippen LogP contribution < -0.4 is 10.1 Å². The zero-order chi connectivity index (χ0) is 21.2. The molecule has 2 aliphatic rings. The Kier molecular flexibility index (Phi) is 11.9. The zero-order valence-corrected chi connectivity index (χ0v) is 21.1. The summed E-state index contributed by atoms with van der Waals surface area (Å²) in [4.78, 5) is 6.95. The summed E-state index contributed by atoms with van der Waals surface area (Å²) >= 11 is 0. The van der Waals surface area contributed by atoms with E-state index in [1.807, 2.05) is 24.3 Å². The van der Waals surface area contributed by atoms with Gasteiger partial charge in [-0.2, -0.15) is 0 Å². The van der Waals surface area contributed by atoms with Gasteiger partial charge in [0, 0.05) is 26.2 Å². The van der Waals surface area contributed by atoms with Crippen LogP contribution in [0.2, 0.25) is 0 Å². The second-order valence-electron chi connectivity index (χ2n) is 7.99. The molecule has 0 aliphatic carbocycles. The Morgan fingerprint density at radius 3 is 2.58 bits per heavy atom. The van der Waals surface area contributed by atoms with E-state index in [2.05, 4.69) is 22.1 Å². The summed E-state index contributed by atoms with van der Waals surface area (Å²) in [6.45, 7) is 6.58. The van der Waals surface area contributed by atoms with E-state index in [0.717, 1.165) is 62.8 Å². The van der Waals surface area contributed by atoms with E-state index in [1.54, 1.807) is 7.11 Å². The number of hydrogen-bond acceptors (Lipinski definition) is 5. The van der Waals surface area contributed by atoms with Crippen molar-refractivity contribution in [3.8, 4) is 5.75 Å². The SMILES string of the molecule is CCNC(=NCC(O)c1ccc(OC)cc1)N1CCC(OCC2CCCCO2)CC1.I. The third-order valence-electron chi connectivity index (χ3n) is 5.78. The summed E-state index contributed by atoms with van der Waals surface area (Å²) in [5.74, 6) is 1.64. The van der Waals surface area contributed by atoms with Crippen LogP contribution in [-0.2, 0) is 9.47 Å². The van der Waals surface area contributed by atoms with Gasteiger partial charge in [0.25, 0.3) is 0 Å². The number of nitrogens with one attached hydrogen (secondary N) is 1. The van der Waals surface area contributed by atoms with Crippen LogP contribution in [0.15, 0.2) is 29.3 Å². The number of rotatable bonds is 8. The first kappa shape index (κ1) is 26.2. The van der Waals surface area contributed by atoms with Crippen LogP contribution >= 0.6 is 24.0 Å². The molecule has 2 N–H and O–H groups in total. The maximum Gasteiger partial charge on any atom is 0.194 e. The lowest BCUT2D eigenvalue weighted by molar-refractivity contribution is -0.0721. The summed E-state index contributed by atoms with van der Waals surface area (Å²) in [7, 11) is 1.64. The van der Waals surface area contributed by atoms with E-state index in [9.17, 15) is 5.11 Å². The van der Waals surface area contributed by atoms with Gasteiger partial charge in [0.2, 0.25) is 0 Å². The molecule has 2 aliphatic heterocycles. The Hall–Kier alpha value is -1.10. The van der Waals surface area contributed by atoms with Crippen LogP contribution in [0.3, 0.4) is 0 Å². The average molecular weight is 547 g/mol. The Labute approximate surface area is 203 Å². The van der Waals surface area contributed by atoms with Crippen LogP contribution in [0.5, 0.6) is 5.75 Å². The lowest BCUT2D eigenvalue weighted by Gasteiger charge is -2.35.